The highest BCUT2D eigenvalue weighted by Crippen LogP contribution is 2.55. The second kappa shape index (κ2) is 7.00. The van der Waals surface area contributed by atoms with Crippen LogP contribution in [0.1, 0.15) is 64.1 Å². The van der Waals surface area contributed by atoms with E-state index in [-0.39, 0.29) is 5.41 Å². The standard InChI is InChI=1S/C27H32/c1-17-9-13-24(14-10-17)26(25-15-11-18(2)12-16-25)23(7)27(8)21(5)19(3)20(4)22(27)6/h9-16,26H,7H2,1-6,8H3/i26D. The lowest BCUT2D eigenvalue weighted by Crippen LogP contribution is -2.25. The third kappa shape index (κ3) is 3.12. The van der Waals surface area contributed by atoms with Gasteiger partial charge in [-0.3, -0.25) is 0 Å². The molecule has 1 aliphatic rings. The molecular formula is C27H32. The zero-order valence-corrected chi connectivity index (χ0v) is 17.8. The predicted octanol–water partition coefficient (Wildman–Crippen LogP) is 7.68. The Labute approximate surface area is 166 Å². The first-order chi connectivity index (χ1) is 13.0. The molecule has 0 saturated carbocycles. The molecule has 0 radical (unpaired) electrons. The van der Waals surface area contributed by atoms with Crippen LogP contribution in [0.2, 0.25) is 0 Å². The van der Waals surface area contributed by atoms with Crippen molar-refractivity contribution >= 4 is 0 Å². The van der Waals surface area contributed by atoms with Crippen LogP contribution in [0.3, 0.4) is 0 Å². The fourth-order valence-corrected chi connectivity index (χ4v) is 4.25. The molecule has 0 aromatic heterocycles. The van der Waals surface area contributed by atoms with E-state index in [2.05, 4.69) is 104 Å². The molecular weight excluding hydrogens is 324 g/mol. The maximum atomic E-state index is 9.81. The highest BCUT2D eigenvalue weighted by Gasteiger charge is 2.41. The van der Waals surface area contributed by atoms with Crippen LogP contribution in [0.15, 0.2) is 83.0 Å². The molecule has 0 spiro atoms. The predicted molar refractivity (Wildman–Crippen MR) is 118 cm³/mol. The minimum Gasteiger partial charge on any atom is -0.0977 e. The minimum atomic E-state index is -1.02. The Morgan fingerprint density at radius 2 is 1.07 bits per heavy atom. The third-order valence-corrected chi connectivity index (χ3v) is 6.77. The summed E-state index contributed by atoms with van der Waals surface area (Å²) < 4.78 is 9.81. The Bertz CT molecular complexity index is 912. The van der Waals surface area contributed by atoms with Crippen molar-refractivity contribution < 1.29 is 1.37 Å². The van der Waals surface area contributed by atoms with E-state index in [0.29, 0.717) is 0 Å². The van der Waals surface area contributed by atoms with Crippen molar-refractivity contribution in [3.05, 3.63) is 105 Å². The van der Waals surface area contributed by atoms with E-state index in [1.807, 2.05) is 0 Å². The Morgan fingerprint density at radius 3 is 1.41 bits per heavy atom. The summed E-state index contributed by atoms with van der Waals surface area (Å²) in [6.07, 6.45) is 0. The van der Waals surface area contributed by atoms with Crippen LogP contribution in [-0.2, 0) is 0 Å². The first kappa shape index (κ1) is 18.0. The van der Waals surface area contributed by atoms with Gasteiger partial charge in [-0.25, -0.2) is 0 Å². The topological polar surface area (TPSA) is 0 Å². The van der Waals surface area contributed by atoms with Crippen molar-refractivity contribution in [3.63, 3.8) is 0 Å². The highest BCUT2D eigenvalue weighted by atomic mass is 14.4. The first-order valence-corrected chi connectivity index (χ1v) is 9.75. The van der Waals surface area contributed by atoms with Crippen molar-refractivity contribution in [1.82, 2.24) is 0 Å². The second-order valence-electron chi connectivity index (χ2n) is 8.21. The smallest absolute Gasteiger partial charge is 0.0449 e. The molecule has 2 aromatic rings. The molecule has 0 fully saturated rings. The Hall–Kier alpha value is -2.34. The molecule has 0 unspecified atom stereocenters. The number of allylic oxidation sites excluding steroid dienone is 5. The molecule has 0 N–H and O–H groups in total. The van der Waals surface area contributed by atoms with Gasteiger partial charge in [-0.15, -0.1) is 0 Å². The lowest BCUT2D eigenvalue weighted by atomic mass is 9.66. The fourth-order valence-electron chi connectivity index (χ4n) is 4.25. The van der Waals surface area contributed by atoms with E-state index in [0.717, 1.165) is 16.7 Å². The summed E-state index contributed by atoms with van der Waals surface area (Å²) in [5.74, 6) is -1.02. The molecule has 0 bridgehead atoms. The summed E-state index contributed by atoms with van der Waals surface area (Å²) in [6, 6.07) is 16.7. The molecule has 27 heavy (non-hydrogen) atoms. The van der Waals surface area contributed by atoms with Gasteiger partial charge in [0, 0.05) is 12.7 Å². The molecule has 3 rings (SSSR count). The van der Waals surface area contributed by atoms with Gasteiger partial charge >= 0.3 is 0 Å². The minimum absolute atomic E-state index is 0.328. The number of aryl methyl sites for hydroxylation is 2. The SMILES string of the molecule is [2H]C(C(=C)C1(C)C(C)=C(C)C(C)=C1C)(c1ccc(C)cc1)c1ccc(C)cc1. The third-order valence-electron chi connectivity index (χ3n) is 6.77. The Balaban J connectivity index is 2.27. The van der Waals surface area contributed by atoms with Crippen LogP contribution in [0.25, 0.3) is 0 Å². The van der Waals surface area contributed by atoms with E-state index in [1.165, 1.54) is 33.4 Å². The van der Waals surface area contributed by atoms with Crippen LogP contribution in [0, 0.1) is 19.3 Å². The lowest BCUT2D eigenvalue weighted by molar-refractivity contribution is 0.549. The second-order valence-corrected chi connectivity index (χ2v) is 8.21. The molecule has 0 atom stereocenters. The normalized spacial score (nSPS) is 17.4. The molecule has 0 aliphatic heterocycles. The van der Waals surface area contributed by atoms with Crippen molar-refractivity contribution in [2.45, 2.75) is 54.4 Å². The van der Waals surface area contributed by atoms with Crippen LogP contribution in [-0.4, -0.2) is 0 Å². The molecule has 0 saturated heterocycles. The van der Waals surface area contributed by atoms with Crippen molar-refractivity contribution in [1.29, 1.82) is 0 Å². The molecule has 0 heterocycles. The zero-order valence-electron chi connectivity index (χ0n) is 18.8. The van der Waals surface area contributed by atoms with E-state index in [4.69, 9.17) is 0 Å². The van der Waals surface area contributed by atoms with Gasteiger partial charge in [0.1, 0.15) is 0 Å². The quantitative estimate of drug-likeness (QED) is 0.492. The van der Waals surface area contributed by atoms with Crippen molar-refractivity contribution in [2.75, 3.05) is 0 Å². The summed E-state index contributed by atoms with van der Waals surface area (Å²) in [5.41, 5.74) is 10.2. The van der Waals surface area contributed by atoms with Crippen LogP contribution in [0.5, 0.6) is 0 Å². The Morgan fingerprint density at radius 1 is 0.741 bits per heavy atom. The number of hydrogen-bond acceptors (Lipinski definition) is 0. The maximum absolute atomic E-state index is 9.81. The van der Waals surface area contributed by atoms with Crippen LogP contribution in [0.4, 0.5) is 0 Å². The molecule has 140 valence electrons. The highest BCUT2D eigenvalue weighted by molar-refractivity contribution is 5.58. The number of hydrogen-bond donors (Lipinski definition) is 0. The number of benzene rings is 2. The van der Waals surface area contributed by atoms with Gasteiger partial charge in [0.15, 0.2) is 0 Å². The summed E-state index contributed by atoms with van der Waals surface area (Å²) in [6.45, 7) is 19.8. The monoisotopic (exact) mass is 357 g/mol. The van der Waals surface area contributed by atoms with Gasteiger partial charge < -0.3 is 0 Å². The molecule has 0 amide bonds. The summed E-state index contributed by atoms with van der Waals surface area (Å²) in [7, 11) is 0. The summed E-state index contributed by atoms with van der Waals surface area (Å²) in [5, 5.41) is 0. The fraction of sp³-hybridized carbons (Fsp3) is 0.333. The van der Waals surface area contributed by atoms with E-state index in [9.17, 15) is 1.37 Å². The average Bonchev–Trinajstić information content (AvgIpc) is 2.84. The Kier molecular flexibility index (Phi) is 4.68. The van der Waals surface area contributed by atoms with Crippen molar-refractivity contribution in [3.8, 4) is 0 Å². The summed E-state index contributed by atoms with van der Waals surface area (Å²) >= 11 is 0. The van der Waals surface area contributed by atoms with Gasteiger partial charge in [0.05, 0.1) is 0 Å². The molecule has 0 heteroatoms. The number of rotatable bonds is 4. The van der Waals surface area contributed by atoms with Crippen molar-refractivity contribution in [2.24, 2.45) is 5.41 Å². The lowest BCUT2D eigenvalue weighted by Gasteiger charge is -2.37. The van der Waals surface area contributed by atoms with Crippen LogP contribution < -0.4 is 0 Å². The molecule has 0 nitrogen and oxygen atoms in total. The van der Waals surface area contributed by atoms with Gasteiger partial charge in [0.25, 0.3) is 0 Å². The van der Waals surface area contributed by atoms with E-state index < -0.39 is 5.89 Å². The van der Waals surface area contributed by atoms with E-state index >= 15 is 0 Å². The molecule has 2 aromatic carbocycles. The largest absolute Gasteiger partial charge is 0.0977 e. The van der Waals surface area contributed by atoms with Crippen LogP contribution >= 0.6 is 0 Å². The van der Waals surface area contributed by atoms with Gasteiger partial charge in [-0.2, -0.15) is 0 Å². The van der Waals surface area contributed by atoms with Gasteiger partial charge in [-0.1, -0.05) is 83.0 Å². The molecule has 1 aliphatic carbocycles. The summed E-state index contributed by atoms with van der Waals surface area (Å²) in [4.78, 5) is 0. The van der Waals surface area contributed by atoms with Gasteiger partial charge in [0.2, 0.25) is 0 Å². The van der Waals surface area contributed by atoms with Gasteiger partial charge in [-0.05, 0) is 70.7 Å². The zero-order chi connectivity index (χ0) is 20.9. The first-order valence-electron chi connectivity index (χ1n) is 10.2. The van der Waals surface area contributed by atoms with E-state index in [1.54, 1.807) is 0 Å². The average molecular weight is 358 g/mol. The maximum Gasteiger partial charge on any atom is 0.0449 e.